The highest BCUT2D eigenvalue weighted by atomic mass is 35.5. The molecule has 59 heavy (non-hydrogen) atoms. The van der Waals surface area contributed by atoms with Gasteiger partial charge >= 0.3 is 6.03 Å². The molecule has 3 aromatic rings. The summed E-state index contributed by atoms with van der Waals surface area (Å²) < 4.78 is 61.5. The molecule has 326 valence electrons. The number of benzene rings is 3. The van der Waals surface area contributed by atoms with E-state index in [1.165, 1.54) is 0 Å². The lowest BCUT2D eigenvalue weighted by atomic mass is 9.85. The Kier molecular flexibility index (Phi) is 22.1. The van der Waals surface area contributed by atoms with Gasteiger partial charge in [-0.15, -0.1) is 0 Å². The minimum Gasteiger partial charge on any atom is -0.379 e. The van der Waals surface area contributed by atoms with Gasteiger partial charge in [0.1, 0.15) is 5.78 Å². The number of carbonyl (C=O) groups is 2. The summed E-state index contributed by atoms with van der Waals surface area (Å²) >= 11 is 12.8. The number of halogens is 2. The van der Waals surface area contributed by atoms with Crippen molar-refractivity contribution in [3.8, 4) is 0 Å². The van der Waals surface area contributed by atoms with Gasteiger partial charge in [-0.05, 0) is 79.0 Å². The van der Waals surface area contributed by atoms with Crippen LogP contribution in [0.4, 0.5) is 10.5 Å². The molecule has 1 unspecified atom stereocenters. The quantitative estimate of drug-likeness (QED) is 0.0736. The van der Waals surface area contributed by atoms with Gasteiger partial charge in [0, 0.05) is 73.9 Å². The summed E-state index contributed by atoms with van der Waals surface area (Å²) in [5.74, 6) is 0.0507. The van der Waals surface area contributed by atoms with Crippen LogP contribution in [0.1, 0.15) is 47.9 Å². The van der Waals surface area contributed by atoms with E-state index in [4.69, 9.17) is 51.6 Å². The Morgan fingerprint density at radius 1 is 0.780 bits per heavy atom. The molecule has 14 nitrogen and oxygen atoms in total. The summed E-state index contributed by atoms with van der Waals surface area (Å²) in [6.07, 6.45) is 1.42. The van der Waals surface area contributed by atoms with Crippen molar-refractivity contribution in [1.29, 1.82) is 0 Å². The Hall–Kier alpha value is -3.19. The predicted octanol–water partition coefficient (Wildman–Crippen LogP) is 5.68. The maximum Gasteiger partial charge on any atom is 0.319 e. The molecular formula is C42H58Cl2N4O10S. The number of likely N-dealkylation sites (N-methyl/N-ethyl adjacent to an activating group) is 1. The van der Waals surface area contributed by atoms with Crippen LogP contribution in [0.2, 0.25) is 10.0 Å². The molecular weight excluding hydrogens is 823 g/mol. The van der Waals surface area contributed by atoms with E-state index in [2.05, 4.69) is 20.3 Å². The number of amides is 2. The zero-order valence-corrected chi connectivity index (χ0v) is 36.3. The van der Waals surface area contributed by atoms with Gasteiger partial charge < -0.3 is 44.0 Å². The Morgan fingerprint density at radius 3 is 2.08 bits per heavy atom. The molecule has 0 saturated heterocycles. The lowest BCUT2D eigenvalue weighted by Gasteiger charge is -2.33. The lowest BCUT2D eigenvalue weighted by Crippen LogP contribution is -2.31. The fourth-order valence-corrected chi connectivity index (χ4v) is 7.93. The number of ether oxygens (including phenoxy) is 6. The minimum atomic E-state index is -3.77. The fraction of sp³-hybridized carbons (Fsp3) is 0.524. The highest BCUT2D eigenvalue weighted by Gasteiger charge is 2.28. The van der Waals surface area contributed by atoms with E-state index < -0.39 is 10.0 Å². The van der Waals surface area contributed by atoms with E-state index >= 15 is 0 Å². The normalized spacial score (nSPS) is 14.3. The third-order valence-corrected chi connectivity index (χ3v) is 11.2. The molecule has 3 aromatic carbocycles. The van der Waals surface area contributed by atoms with Crippen LogP contribution in [0, 0.1) is 0 Å². The van der Waals surface area contributed by atoms with Crippen LogP contribution < -0.4 is 15.4 Å². The Bertz CT molecular complexity index is 1840. The second-order valence-electron chi connectivity index (χ2n) is 13.8. The number of ketones is 1. The van der Waals surface area contributed by atoms with Crippen LogP contribution in [0.3, 0.4) is 0 Å². The number of nitrogens with one attached hydrogen (secondary N) is 3. The first-order valence-corrected chi connectivity index (χ1v) is 22.2. The van der Waals surface area contributed by atoms with Gasteiger partial charge in [0.2, 0.25) is 10.0 Å². The molecule has 1 aliphatic rings. The monoisotopic (exact) mass is 880 g/mol. The van der Waals surface area contributed by atoms with E-state index in [1.54, 1.807) is 36.4 Å². The fourth-order valence-electron chi connectivity index (χ4n) is 6.29. The SMILES string of the molecule is CCOCCOCCOCCCC(=O)Cc1ccc(NC(=O)NCCOCCOCCOCCNS(=O)(=O)c2cccc(C3CN(C)Cc4c(Cl)cc(Cl)cc43)c2)cc1. The number of nitrogens with zero attached hydrogens (tertiary/aromatic N) is 1. The van der Waals surface area contributed by atoms with E-state index in [0.717, 1.165) is 22.3 Å². The number of Topliss-reactive ketones (excluding diaryl/α,β-unsaturated/α-hetero) is 1. The van der Waals surface area contributed by atoms with E-state index in [-0.39, 0.29) is 35.8 Å². The molecule has 1 heterocycles. The molecule has 0 radical (unpaired) electrons. The molecule has 17 heteroatoms. The highest BCUT2D eigenvalue weighted by Crippen LogP contribution is 2.38. The predicted molar refractivity (Wildman–Crippen MR) is 228 cm³/mol. The van der Waals surface area contributed by atoms with Crippen LogP contribution in [0.25, 0.3) is 0 Å². The molecule has 0 aromatic heterocycles. The van der Waals surface area contributed by atoms with Crippen LogP contribution >= 0.6 is 23.2 Å². The molecule has 2 amide bonds. The number of fused-ring (bicyclic) bond motifs is 1. The summed E-state index contributed by atoms with van der Waals surface area (Å²) in [6, 6.07) is 17.4. The average molecular weight is 882 g/mol. The number of anilines is 1. The van der Waals surface area contributed by atoms with Crippen molar-refractivity contribution in [3.63, 3.8) is 0 Å². The number of hydrogen-bond acceptors (Lipinski definition) is 11. The molecule has 1 atom stereocenters. The number of hydrogen-bond donors (Lipinski definition) is 3. The zero-order valence-electron chi connectivity index (χ0n) is 34.0. The third-order valence-electron chi connectivity index (χ3n) is 9.18. The molecule has 0 fully saturated rings. The van der Waals surface area contributed by atoms with Gasteiger partial charge in [-0.2, -0.15) is 0 Å². The van der Waals surface area contributed by atoms with Gasteiger partial charge in [0.25, 0.3) is 0 Å². The summed E-state index contributed by atoms with van der Waals surface area (Å²) in [4.78, 5) is 26.9. The molecule has 3 N–H and O–H groups in total. The van der Waals surface area contributed by atoms with Crippen LogP contribution in [-0.4, -0.2) is 131 Å². The standard InChI is InChI=1S/C42H58Cl2N4O10S/c1-3-53-18-19-57-23-20-54-15-5-7-36(49)26-32-9-11-35(12-10-32)47-42(50)45-13-16-55-21-24-58-25-22-56-17-14-46-59(51,52)37-8-4-6-33(27-37)39-30-48(2)31-40-38(39)28-34(43)29-41(40)44/h4,6,8-12,27-29,39,46H,3,5,7,13-26,30-31H2,1-2H3,(H2,45,47,50). The topological polar surface area (TPSA) is 163 Å². The first-order chi connectivity index (χ1) is 28.6. The van der Waals surface area contributed by atoms with Crippen LogP contribution in [0.15, 0.2) is 65.6 Å². The summed E-state index contributed by atoms with van der Waals surface area (Å²) in [6.45, 7) is 8.82. The first-order valence-electron chi connectivity index (χ1n) is 19.9. The Morgan fingerprint density at radius 2 is 1.41 bits per heavy atom. The van der Waals surface area contributed by atoms with Crippen LogP contribution in [0.5, 0.6) is 0 Å². The minimum absolute atomic E-state index is 0.0789. The third kappa shape index (κ3) is 18.1. The summed E-state index contributed by atoms with van der Waals surface area (Å²) in [5, 5.41) is 6.65. The number of carbonyl (C=O) groups excluding carboxylic acids is 2. The number of rotatable bonds is 29. The van der Waals surface area contributed by atoms with Crippen molar-refractivity contribution in [2.75, 3.05) is 111 Å². The molecule has 4 rings (SSSR count). The van der Waals surface area contributed by atoms with Crippen molar-refractivity contribution in [2.45, 2.75) is 43.5 Å². The molecule has 1 aliphatic heterocycles. The van der Waals surface area contributed by atoms with Gasteiger partial charge in [-0.3, -0.25) is 4.79 Å². The number of sulfonamides is 1. The molecule has 0 bridgehead atoms. The largest absolute Gasteiger partial charge is 0.379 e. The van der Waals surface area contributed by atoms with Gasteiger partial charge in [-0.25, -0.2) is 17.9 Å². The maximum atomic E-state index is 13.1. The van der Waals surface area contributed by atoms with Gasteiger partial charge in [0.05, 0.1) is 71.0 Å². The molecule has 0 spiro atoms. The Balaban J connectivity index is 0.980. The zero-order chi connectivity index (χ0) is 42.3. The first kappa shape index (κ1) is 48.5. The van der Waals surface area contributed by atoms with Crippen molar-refractivity contribution in [2.24, 2.45) is 0 Å². The molecule has 0 saturated carbocycles. The smallest absolute Gasteiger partial charge is 0.319 e. The van der Waals surface area contributed by atoms with E-state index in [9.17, 15) is 18.0 Å². The van der Waals surface area contributed by atoms with E-state index in [0.29, 0.717) is 127 Å². The second-order valence-corrected chi connectivity index (χ2v) is 16.4. The Labute approximate surface area is 358 Å². The summed E-state index contributed by atoms with van der Waals surface area (Å²) in [7, 11) is -1.76. The van der Waals surface area contributed by atoms with Gasteiger partial charge in [-0.1, -0.05) is 47.5 Å². The van der Waals surface area contributed by atoms with E-state index in [1.807, 2.05) is 38.2 Å². The second kappa shape index (κ2) is 26.9. The van der Waals surface area contributed by atoms with Crippen LogP contribution in [-0.2, 0) is 56.2 Å². The lowest BCUT2D eigenvalue weighted by molar-refractivity contribution is -0.118. The molecule has 0 aliphatic carbocycles. The summed E-state index contributed by atoms with van der Waals surface area (Å²) in [5.41, 5.74) is 4.36. The number of urea groups is 1. The van der Waals surface area contributed by atoms with Crippen molar-refractivity contribution < 1.29 is 46.4 Å². The average Bonchev–Trinajstić information content (AvgIpc) is 3.21. The van der Waals surface area contributed by atoms with Crippen molar-refractivity contribution in [3.05, 3.63) is 93.0 Å². The maximum absolute atomic E-state index is 13.1. The van der Waals surface area contributed by atoms with Crippen molar-refractivity contribution >= 4 is 50.7 Å². The van der Waals surface area contributed by atoms with Gasteiger partial charge in [0.15, 0.2) is 0 Å². The highest BCUT2D eigenvalue weighted by molar-refractivity contribution is 7.89. The van der Waals surface area contributed by atoms with Crippen molar-refractivity contribution in [1.82, 2.24) is 14.9 Å².